The molecule has 0 aliphatic rings. The van der Waals surface area contributed by atoms with Crippen LogP contribution in [-0.4, -0.2) is 18.7 Å². The zero-order valence-electron chi connectivity index (χ0n) is 11.4. The van der Waals surface area contributed by atoms with E-state index in [1.165, 1.54) is 0 Å². The standard InChI is InChI=1S/C17H15ClO3/c18-15-11-13(12-19)8-9-17(15)21-10-4-7-16(20)14-5-2-1-3-6-14/h1-3,5-6,8-9,11-12H,4,7,10H2. The van der Waals surface area contributed by atoms with Gasteiger partial charge in [0.1, 0.15) is 12.0 Å². The third kappa shape index (κ3) is 4.43. The van der Waals surface area contributed by atoms with Gasteiger partial charge in [0, 0.05) is 17.5 Å². The van der Waals surface area contributed by atoms with Crippen molar-refractivity contribution < 1.29 is 14.3 Å². The highest BCUT2D eigenvalue weighted by atomic mass is 35.5. The van der Waals surface area contributed by atoms with Crippen molar-refractivity contribution in [2.75, 3.05) is 6.61 Å². The Bertz CT molecular complexity index is 623. The first-order valence-corrected chi connectivity index (χ1v) is 7.04. The van der Waals surface area contributed by atoms with Crippen molar-refractivity contribution in [2.45, 2.75) is 12.8 Å². The summed E-state index contributed by atoms with van der Waals surface area (Å²) in [6.07, 6.45) is 1.77. The Morgan fingerprint density at radius 3 is 2.57 bits per heavy atom. The van der Waals surface area contributed by atoms with Gasteiger partial charge >= 0.3 is 0 Å². The number of rotatable bonds is 7. The van der Waals surface area contributed by atoms with E-state index in [0.29, 0.717) is 41.3 Å². The number of hydrogen-bond acceptors (Lipinski definition) is 3. The molecular formula is C17H15ClO3. The molecule has 3 nitrogen and oxygen atoms in total. The normalized spacial score (nSPS) is 10.1. The molecule has 0 saturated heterocycles. The van der Waals surface area contributed by atoms with Crippen LogP contribution in [0.15, 0.2) is 48.5 Å². The smallest absolute Gasteiger partial charge is 0.163 e. The van der Waals surface area contributed by atoms with Crippen molar-refractivity contribution >= 4 is 23.7 Å². The van der Waals surface area contributed by atoms with Crippen LogP contribution in [0.25, 0.3) is 0 Å². The topological polar surface area (TPSA) is 43.4 Å². The average molecular weight is 303 g/mol. The van der Waals surface area contributed by atoms with Gasteiger partial charge in [0.05, 0.1) is 11.6 Å². The van der Waals surface area contributed by atoms with Crippen molar-refractivity contribution in [3.8, 4) is 5.75 Å². The van der Waals surface area contributed by atoms with Gasteiger partial charge in [-0.2, -0.15) is 0 Å². The summed E-state index contributed by atoms with van der Waals surface area (Å²) >= 11 is 5.99. The van der Waals surface area contributed by atoms with Gasteiger partial charge in [-0.05, 0) is 24.6 Å². The lowest BCUT2D eigenvalue weighted by Gasteiger charge is -2.08. The molecule has 0 saturated carbocycles. The summed E-state index contributed by atoms with van der Waals surface area (Å²) in [5.41, 5.74) is 1.22. The van der Waals surface area contributed by atoms with E-state index >= 15 is 0 Å². The first-order chi connectivity index (χ1) is 10.2. The number of aldehydes is 1. The average Bonchev–Trinajstić information content (AvgIpc) is 2.53. The third-order valence-corrected chi connectivity index (χ3v) is 3.29. The molecule has 0 N–H and O–H groups in total. The predicted molar refractivity (Wildman–Crippen MR) is 82.3 cm³/mol. The Balaban J connectivity index is 1.80. The summed E-state index contributed by atoms with van der Waals surface area (Å²) in [4.78, 5) is 22.5. The van der Waals surface area contributed by atoms with Crippen molar-refractivity contribution in [2.24, 2.45) is 0 Å². The van der Waals surface area contributed by atoms with Gasteiger partial charge in [0.2, 0.25) is 0 Å². The number of carbonyl (C=O) groups excluding carboxylic acids is 2. The van der Waals surface area contributed by atoms with Gasteiger partial charge in [-0.15, -0.1) is 0 Å². The maximum atomic E-state index is 11.9. The van der Waals surface area contributed by atoms with Crippen LogP contribution >= 0.6 is 11.6 Å². The number of carbonyl (C=O) groups is 2. The van der Waals surface area contributed by atoms with E-state index in [4.69, 9.17) is 16.3 Å². The van der Waals surface area contributed by atoms with Crippen molar-refractivity contribution in [3.05, 3.63) is 64.7 Å². The van der Waals surface area contributed by atoms with Crippen LogP contribution in [0, 0.1) is 0 Å². The van der Waals surface area contributed by atoms with E-state index in [9.17, 15) is 9.59 Å². The molecule has 0 aromatic heterocycles. The molecule has 0 aliphatic heterocycles. The maximum Gasteiger partial charge on any atom is 0.163 e. The molecule has 2 rings (SSSR count). The molecule has 0 heterocycles. The lowest BCUT2D eigenvalue weighted by atomic mass is 10.1. The van der Waals surface area contributed by atoms with Crippen LogP contribution in [0.2, 0.25) is 5.02 Å². The zero-order chi connectivity index (χ0) is 15.1. The molecule has 0 unspecified atom stereocenters. The van der Waals surface area contributed by atoms with Crippen molar-refractivity contribution in [1.82, 2.24) is 0 Å². The fraction of sp³-hybridized carbons (Fsp3) is 0.176. The van der Waals surface area contributed by atoms with Crippen molar-refractivity contribution in [1.29, 1.82) is 0 Å². The second-order valence-corrected chi connectivity index (χ2v) is 4.96. The molecule has 2 aromatic carbocycles. The number of ether oxygens (including phenoxy) is 1. The lowest BCUT2D eigenvalue weighted by molar-refractivity contribution is 0.0973. The van der Waals surface area contributed by atoms with E-state index in [-0.39, 0.29) is 5.78 Å². The first kappa shape index (κ1) is 15.3. The summed E-state index contributed by atoms with van der Waals surface area (Å²) in [6, 6.07) is 14.0. The SMILES string of the molecule is O=Cc1ccc(OCCCC(=O)c2ccccc2)c(Cl)c1. The number of benzene rings is 2. The Labute approximate surface area is 128 Å². The zero-order valence-corrected chi connectivity index (χ0v) is 12.2. The monoisotopic (exact) mass is 302 g/mol. The molecule has 0 spiro atoms. The van der Waals surface area contributed by atoms with Gasteiger partial charge in [-0.25, -0.2) is 0 Å². The molecule has 4 heteroatoms. The molecule has 0 atom stereocenters. The molecule has 21 heavy (non-hydrogen) atoms. The molecule has 2 aromatic rings. The Morgan fingerprint density at radius 2 is 1.90 bits per heavy atom. The quantitative estimate of drug-likeness (QED) is 0.437. The minimum absolute atomic E-state index is 0.0987. The second kappa shape index (κ2) is 7.60. The largest absolute Gasteiger partial charge is 0.492 e. The predicted octanol–water partition coefficient (Wildman–Crippen LogP) is 4.19. The van der Waals surface area contributed by atoms with E-state index in [1.807, 2.05) is 18.2 Å². The first-order valence-electron chi connectivity index (χ1n) is 6.66. The minimum Gasteiger partial charge on any atom is -0.492 e. The highest BCUT2D eigenvalue weighted by Gasteiger charge is 2.06. The number of ketones is 1. The van der Waals surface area contributed by atoms with E-state index in [0.717, 1.165) is 6.29 Å². The van der Waals surface area contributed by atoms with Crippen LogP contribution < -0.4 is 4.74 Å². The number of hydrogen-bond donors (Lipinski definition) is 0. The highest BCUT2D eigenvalue weighted by Crippen LogP contribution is 2.25. The molecule has 0 aliphatic carbocycles. The van der Waals surface area contributed by atoms with Crippen LogP contribution in [0.1, 0.15) is 33.6 Å². The van der Waals surface area contributed by atoms with E-state index < -0.39 is 0 Å². The van der Waals surface area contributed by atoms with Crippen LogP contribution in [0.3, 0.4) is 0 Å². The van der Waals surface area contributed by atoms with Crippen LogP contribution in [-0.2, 0) is 0 Å². The molecule has 0 radical (unpaired) electrons. The summed E-state index contributed by atoms with van der Waals surface area (Å²) in [6.45, 7) is 0.402. The summed E-state index contributed by atoms with van der Waals surface area (Å²) in [5.74, 6) is 0.621. The van der Waals surface area contributed by atoms with Gasteiger partial charge in [-0.1, -0.05) is 41.9 Å². The highest BCUT2D eigenvalue weighted by molar-refractivity contribution is 6.32. The third-order valence-electron chi connectivity index (χ3n) is 2.99. The number of halogens is 1. The maximum absolute atomic E-state index is 11.9. The molecular weight excluding hydrogens is 288 g/mol. The van der Waals surface area contributed by atoms with E-state index in [2.05, 4.69) is 0 Å². The lowest BCUT2D eigenvalue weighted by Crippen LogP contribution is -2.04. The van der Waals surface area contributed by atoms with Gasteiger partial charge in [-0.3, -0.25) is 9.59 Å². The second-order valence-electron chi connectivity index (χ2n) is 4.55. The molecule has 0 amide bonds. The summed E-state index contributed by atoms with van der Waals surface area (Å²) in [7, 11) is 0. The fourth-order valence-corrected chi connectivity index (χ4v) is 2.13. The summed E-state index contributed by atoms with van der Waals surface area (Å²) < 4.78 is 5.52. The van der Waals surface area contributed by atoms with Gasteiger partial charge in [0.15, 0.2) is 5.78 Å². The Hall–Kier alpha value is -2.13. The molecule has 0 bridgehead atoms. The van der Waals surface area contributed by atoms with Crippen molar-refractivity contribution in [3.63, 3.8) is 0 Å². The van der Waals surface area contributed by atoms with Crippen LogP contribution in [0.4, 0.5) is 0 Å². The van der Waals surface area contributed by atoms with Crippen LogP contribution in [0.5, 0.6) is 5.75 Å². The van der Waals surface area contributed by atoms with Gasteiger partial charge < -0.3 is 4.74 Å². The minimum atomic E-state index is 0.0987. The Morgan fingerprint density at radius 1 is 1.14 bits per heavy atom. The molecule has 0 fully saturated rings. The Kier molecular flexibility index (Phi) is 5.52. The summed E-state index contributed by atoms with van der Waals surface area (Å²) in [5, 5.41) is 0.397. The number of Topliss-reactive ketones (excluding diaryl/α,β-unsaturated/α-hetero) is 1. The van der Waals surface area contributed by atoms with Gasteiger partial charge in [0.25, 0.3) is 0 Å². The molecule has 108 valence electrons. The van der Waals surface area contributed by atoms with E-state index in [1.54, 1.807) is 30.3 Å². The fourth-order valence-electron chi connectivity index (χ4n) is 1.89.